The highest BCUT2D eigenvalue weighted by Crippen LogP contribution is 2.42. The molecule has 0 spiro atoms. The summed E-state index contributed by atoms with van der Waals surface area (Å²) in [6.45, 7) is 5.49. The molecule has 6 nitrogen and oxygen atoms in total. The summed E-state index contributed by atoms with van der Waals surface area (Å²) in [6.07, 6.45) is 11.0. The molecule has 8 heteroatoms. The monoisotopic (exact) mass is 541 g/mol. The van der Waals surface area contributed by atoms with Crippen LogP contribution in [0.1, 0.15) is 85.0 Å². The van der Waals surface area contributed by atoms with E-state index in [1.165, 1.54) is 38.5 Å². The standard InChI is InChI=1S/C25H37BrClN3O3/c1-25(2,3)33-24(32)30-21(23(31)29-19-15-14-18(26)22(27)28-19)20(16-10-6-4-7-11-16)17-12-8-5-9-13-17/h14-17,20-21H,4-13H2,1-3H3,(H,30,32)(H,28,29,31)/t21-/m0/s1. The zero-order chi connectivity index (χ0) is 24.0. The van der Waals surface area contributed by atoms with Gasteiger partial charge >= 0.3 is 6.09 Å². The van der Waals surface area contributed by atoms with Crippen molar-refractivity contribution in [2.45, 2.75) is 96.6 Å². The maximum absolute atomic E-state index is 13.7. The lowest BCUT2D eigenvalue weighted by Crippen LogP contribution is -2.54. The van der Waals surface area contributed by atoms with Gasteiger partial charge in [-0.3, -0.25) is 4.79 Å². The first-order chi connectivity index (χ1) is 15.6. The second-order valence-electron chi connectivity index (χ2n) is 10.5. The number of carbonyl (C=O) groups excluding carboxylic acids is 2. The van der Waals surface area contributed by atoms with Crippen molar-refractivity contribution >= 4 is 45.3 Å². The van der Waals surface area contributed by atoms with E-state index in [4.69, 9.17) is 16.3 Å². The molecule has 1 aromatic heterocycles. The van der Waals surface area contributed by atoms with Gasteiger partial charge in [0.15, 0.2) is 0 Å². The number of rotatable bonds is 6. The molecule has 2 fully saturated rings. The lowest BCUT2D eigenvalue weighted by Gasteiger charge is -2.42. The molecule has 0 unspecified atom stereocenters. The number of carbonyl (C=O) groups is 2. The fourth-order valence-corrected chi connectivity index (χ4v) is 5.80. The SMILES string of the molecule is CC(C)(C)OC(=O)N[C@H](C(=O)Nc1ccc(Br)c(Cl)n1)C(C1CCCCC1)C1CCCCC1. The Bertz CT molecular complexity index is 800. The third-order valence-corrected chi connectivity index (χ3v) is 7.94. The lowest BCUT2D eigenvalue weighted by atomic mass is 9.66. The number of ether oxygens (including phenoxy) is 1. The highest BCUT2D eigenvalue weighted by Gasteiger charge is 2.41. The van der Waals surface area contributed by atoms with Gasteiger partial charge in [0.25, 0.3) is 0 Å². The third kappa shape index (κ3) is 7.84. The van der Waals surface area contributed by atoms with Crippen molar-refractivity contribution in [3.05, 3.63) is 21.8 Å². The van der Waals surface area contributed by atoms with Crippen LogP contribution < -0.4 is 10.6 Å². The van der Waals surface area contributed by atoms with Crippen molar-refractivity contribution in [1.82, 2.24) is 10.3 Å². The molecule has 2 saturated carbocycles. The second kappa shape index (κ2) is 11.9. The van der Waals surface area contributed by atoms with Crippen LogP contribution in [0.15, 0.2) is 16.6 Å². The van der Waals surface area contributed by atoms with Crippen molar-refractivity contribution in [3.63, 3.8) is 0 Å². The van der Waals surface area contributed by atoms with E-state index in [1.807, 2.05) is 20.8 Å². The Morgan fingerprint density at radius 2 is 1.58 bits per heavy atom. The maximum atomic E-state index is 13.7. The van der Waals surface area contributed by atoms with Crippen molar-refractivity contribution in [3.8, 4) is 0 Å². The highest BCUT2D eigenvalue weighted by molar-refractivity contribution is 9.10. The van der Waals surface area contributed by atoms with Crippen LogP contribution >= 0.6 is 27.5 Å². The zero-order valence-electron chi connectivity index (χ0n) is 20.0. The summed E-state index contributed by atoms with van der Waals surface area (Å²) in [5, 5.41) is 6.16. The van der Waals surface area contributed by atoms with E-state index in [0.29, 0.717) is 22.1 Å². The number of pyridine rings is 1. The molecule has 1 heterocycles. The van der Waals surface area contributed by atoms with Gasteiger partial charge in [-0.15, -0.1) is 0 Å². The number of amides is 2. The molecule has 0 saturated heterocycles. The Balaban J connectivity index is 1.89. The molecule has 2 aliphatic rings. The van der Waals surface area contributed by atoms with E-state index in [-0.39, 0.29) is 17.0 Å². The molecular weight excluding hydrogens is 506 g/mol. The Morgan fingerprint density at radius 1 is 1.03 bits per heavy atom. The molecule has 0 bridgehead atoms. The molecule has 1 aromatic rings. The van der Waals surface area contributed by atoms with Crippen LogP contribution in [0.2, 0.25) is 5.15 Å². The summed E-state index contributed by atoms with van der Waals surface area (Å²) in [4.78, 5) is 30.8. The second-order valence-corrected chi connectivity index (χ2v) is 11.7. The quantitative estimate of drug-likeness (QED) is 0.376. The van der Waals surface area contributed by atoms with Gasteiger partial charge in [0, 0.05) is 0 Å². The van der Waals surface area contributed by atoms with E-state index >= 15 is 0 Å². The van der Waals surface area contributed by atoms with Crippen LogP contribution in [0, 0.1) is 17.8 Å². The minimum absolute atomic E-state index is 0.0732. The van der Waals surface area contributed by atoms with Gasteiger partial charge in [0.1, 0.15) is 22.6 Å². The summed E-state index contributed by atoms with van der Waals surface area (Å²) in [7, 11) is 0. The van der Waals surface area contributed by atoms with Gasteiger partial charge in [-0.05, 0) is 66.6 Å². The zero-order valence-corrected chi connectivity index (χ0v) is 22.3. The molecule has 33 heavy (non-hydrogen) atoms. The van der Waals surface area contributed by atoms with Gasteiger partial charge in [-0.1, -0.05) is 75.8 Å². The fraction of sp³-hybridized carbons (Fsp3) is 0.720. The molecule has 2 aliphatic carbocycles. The number of alkyl carbamates (subject to hydrolysis) is 1. The van der Waals surface area contributed by atoms with Crippen LogP contribution in [0.4, 0.5) is 10.6 Å². The van der Waals surface area contributed by atoms with E-state index in [9.17, 15) is 9.59 Å². The van der Waals surface area contributed by atoms with Crippen LogP contribution in [-0.4, -0.2) is 28.6 Å². The highest BCUT2D eigenvalue weighted by atomic mass is 79.9. The first-order valence-electron chi connectivity index (χ1n) is 12.3. The number of nitrogens with one attached hydrogen (secondary N) is 2. The predicted octanol–water partition coefficient (Wildman–Crippen LogP) is 7.11. The average molecular weight is 543 g/mol. The first-order valence-corrected chi connectivity index (χ1v) is 13.4. The van der Waals surface area contributed by atoms with E-state index in [1.54, 1.807) is 12.1 Å². The van der Waals surface area contributed by atoms with Crippen molar-refractivity contribution in [2.24, 2.45) is 17.8 Å². The number of aromatic nitrogens is 1. The molecule has 184 valence electrons. The molecule has 0 radical (unpaired) electrons. The van der Waals surface area contributed by atoms with Gasteiger partial charge < -0.3 is 15.4 Å². The lowest BCUT2D eigenvalue weighted by molar-refractivity contribution is -0.121. The van der Waals surface area contributed by atoms with Gasteiger partial charge in [0.2, 0.25) is 5.91 Å². The number of hydrogen-bond acceptors (Lipinski definition) is 4. The number of halogens is 2. The predicted molar refractivity (Wildman–Crippen MR) is 135 cm³/mol. The molecule has 1 atom stereocenters. The molecule has 2 amide bonds. The van der Waals surface area contributed by atoms with Crippen LogP contribution in [-0.2, 0) is 9.53 Å². The average Bonchev–Trinajstić information content (AvgIpc) is 2.76. The van der Waals surface area contributed by atoms with Crippen LogP contribution in [0.5, 0.6) is 0 Å². The fourth-order valence-electron chi connectivity index (χ4n) is 5.43. The van der Waals surface area contributed by atoms with Gasteiger partial charge in [0.05, 0.1) is 4.47 Å². The van der Waals surface area contributed by atoms with Gasteiger partial charge in [-0.25, -0.2) is 9.78 Å². The Hall–Kier alpha value is -1.34. The molecule has 0 aromatic carbocycles. The number of nitrogens with zero attached hydrogens (tertiary/aromatic N) is 1. The summed E-state index contributed by atoms with van der Waals surface area (Å²) in [5.41, 5.74) is -0.642. The van der Waals surface area contributed by atoms with E-state index < -0.39 is 17.7 Å². The molecular formula is C25H37BrClN3O3. The minimum atomic E-state index is -0.685. The van der Waals surface area contributed by atoms with Crippen LogP contribution in [0.3, 0.4) is 0 Å². The van der Waals surface area contributed by atoms with Crippen molar-refractivity contribution in [2.75, 3.05) is 5.32 Å². The topological polar surface area (TPSA) is 80.3 Å². The molecule has 3 rings (SSSR count). The number of hydrogen-bond donors (Lipinski definition) is 2. The van der Waals surface area contributed by atoms with Crippen LogP contribution in [0.25, 0.3) is 0 Å². The normalized spacial score (nSPS) is 19.2. The largest absolute Gasteiger partial charge is 0.444 e. The molecule has 2 N–H and O–H groups in total. The smallest absolute Gasteiger partial charge is 0.408 e. The van der Waals surface area contributed by atoms with Crippen molar-refractivity contribution < 1.29 is 14.3 Å². The van der Waals surface area contributed by atoms with E-state index in [0.717, 1.165) is 25.7 Å². The maximum Gasteiger partial charge on any atom is 0.408 e. The Kier molecular flexibility index (Phi) is 9.45. The third-order valence-electron chi connectivity index (χ3n) is 6.78. The summed E-state index contributed by atoms with van der Waals surface area (Å²) < 4.78 is 6.22. The van der Waals surface area contributed by atoms with E-state index in [2.05, 4.69) is 31.5 Å². The number of anilines is 1. The first kappa shape index (κ1) is 26.3. The summed E-state index contributed by atoms with van der Waals surface area (Å²) >= 11 is 9.47. The van der Waals surface area contributed by atoms with Gasteiger partial charge in [-0.2, -0.15) is 0 Å². The summed E-state index contributed by atoms with van der Waals surface area (Å²) in [6, 6.07) is 2.77. The Labute approximate surface area is 211 Å². The molecule has 0 aliphatic heterocycles. The van der Waals surface area contributed by atoms with Crippen molar-refractivity contribution in [1.29, 1.82) is 0 Å². The Morgan fingerprint density at radius 3 is 2.06 bits per heavy atom. The summed E-state index contributed by atoms with van der Waals surface area (Å²) in [5.74, 6) is 1.01. The minimum Gasteiger partial charge on any atom is -0.444 e.